The second-order valence-corrected chi connectivity index (χ2v) is 6.84. The molecule has 0 saturated carbocycles. The highest BCUT2D eigenvalue weighted by atomic mass is 16.5. The first-order valence-corrected chi connectivity index (χ1v) is 9.10. The fourth-order valence-corrected chi connectivity index (χ4v) is 3.27. The van der Waals surface area contributed by atoms with E-state index in [1.807, 2.05) is 38.0 Å². The predicted molar refractivity (Wildman–Crippen MR) is 98.8 cm³/mol. The molecule has 0 aliphatic carbocycles. The van der Waals surface area contributed by atoms with E-state index in [2.05, 4.69) is 25.9 Å². The van der Waals surface area contributed by atoms with Crippen LogP contribution in [0.15, 0.2) is 24.5 Å². The highest BCUT2D eigenvalue weighted by molar-refractivity contribution is 5.89. The third-order valence-electron chi connectivity index (χ3n) is 4.57. The lowest BCUT2D eigenvalue weighted by Crippen LogP contribution is -2.32. The zero-order valence-corrected chi connectivity index (χ0v) is 15.8. The van der Waals surface area contributed by atoms with Crippen molar-refractivity contribution in [3.05, 3.63) is 47.0 Å². The second-order valence-electron chi connectivity index (χ2n) is 6.84. The van der Waals surface area contributed by atoms with Crippen LogP contribution in [0.2, 0.25) is 0 Å². The molecule has 2 aromatic heterocycles. The molecule has 26 heavy (non-hydrogen) atoms. The van der Waals surface area contributed by atoms with Gasteiger partial charge in [-0.25, -0.2) is 4.79 Å². The average Bonchev–Trinajstić information content (AvgIpc) is 2.99. The quantitative estimate of drug-likeness (QED) is 0.701. The number of nitrogens with zero attached hydrogens (tertiary/aromatic N) is 5. The van der Waals surface area contributed by atoms with Crippen LogP contribution in [0.1, 0.15) is 34.2 Å². The highest BCUT2D eigenvalue weighted by Gasteiger charge is 2.28. The summed E-state index contributed by atoms with van der Waals surface area (Å²) in [7, 11) is 4.08. The SMILES string of the molecule is CCOC(=O)c1nn(CCN(C)C)c2c1CN(Cc1cccnc1)CC2. The number of carbonyl (C=O) groups is 1. The molecule has 0 fully saturated rings. The Morgan fingerprint density at radius 3 is 2.92 bits per heavy atom. The van der Waals surface area contributed by atoms with Crippen LogP contribution in [0, 0.1) is 0 Å². The van der Waals surface area contributed by atoms with Gasteiger partial charge in [0.15, 0.2) is 5.69 Å². The number of aromatic nitrogens is 3. The van der Waals surface area contributed by atoms with Gasteiger partial charge in [0, 0.05) is 56.3 Å². The van der Waals surface area contributed by atoms with Crippen LogP contribution < -0.4 is 0 Å². The maximum atomic E-state index is 12.4. The van der Waals surface area contributed by atoms with Crippen molar-refractivity contribution in [3.8, 4) is 0 Å². The third kappa shape index (κ3) is 4.28. The van der Waals surface area contributed by atoms with Gasteiger partial charge in [0.1, 0.15) is 0 Å². The molecule has 7 nitrogen and oxygen atoms in total. The van der Waals surface area contributed by atoms with Gasteiger partial charge in [0.2, 0.25) is 0 Å². The molecule has 0 unspecified atom stereocenters. The standard InChI is InChI=1S/C19H27N5O2/c1-4-26-19(25)18-16-14-23(13-15-6-5-8-20-12-15)9-7-17(16)24(21-18)11-10-22(2)3/h5-6,8,12H,4,7,9-11,13-14H2,1-3H3. The van der Waals surface area contributed by atoms with E-state index >= 15 is 0 Å². The van der Waals surface area contributed by atoms with Gasteiger partial charge in [-0.3, -0.25) is 14.6 Å². The largest absolute Gasteiger partial charge is 0.461 e. The van der Waals surface area contributed by atoms with Gasteiger partial charge >= 0.3 is 5.97 Å². The molecule has 0 N–H and O–H groups in total. The minimum absolute atomic E-state index is 0.324. The van der Waals surface area contributed by atoms with Crippen LogP contribution in [0.25, 0.3) is 0 Å². The molecule has 0 saturated heterocycles. The average molecular weight is 357 g/mol. The number of pyridine rings is 1. The summed E-state index contributed by atoms with van der Waals surface area (Å²) in [6, 6.07) is 4.03. The Labute approximate surface area is 154 Å². The van der Waals surface area contributed by atoms with E-state index < -0.39 is 0 Å². The Bertz CT molecular complexity index is 742. The first-order valence-electron chi connectivity index (χ1n) is 9.10. The molecule has 1 aliphatic heterocycles. The molecule has 0 bridgehead atoms. The Morgan fingerprint density at radius 1 is 1.38 bits per heavy atom. The van der Waals surface area contributed by atoms with Crippen LogP contribution in [-0.2, 0) is 30.8 Å². The number of rotatable bonds is 7. The maximum absolute atomic E-state index is 12.4. The van der Waals surface area contributed by atoms with Gasteiger partial charge < -0.3 is 9.64 Å². The van der Waals surface area contributed by atoms with Crippen LogP contribution in [-0.4, -0.2) is 64.3 Å². The van der Waals surface area contributed by atoms with Crippen molar-refractivity contribution in [3.63, 3.8) is 0 Å². The Kier molecular flexibility index (Phi) is 6.00. The smallest absolute Gasteiger partial charge is 0.359 e. The molecule has 0 amide bonds. The Hall–Kier alpha value is -2.25. The molecule has 0 spiro atoms. The highest BCUT2D eigenvalue weighted by Crippen LogP contribution is 2.24. The van der Waals surface area contributed by atoms with Crippen molar-refractivity contribution >= 4 is 5.97 Å². The first kappa shape index (κ1) is 18.5. The molecular formula is C19H27N5O2. The van der Waals surface area contributed by atoms with Crippen molar-refractivity contribution in [1.82, 2.24) is 24.6 Å². The van der Waals surface area contributed by atoms with Gasteiger partial charge in [-0.15, -0.1) is 0 Å². The maximum Gasteiger partial charge on any atom is 0.359 e. The molecule has 0 radical (unpaired) electrons. The molecule has 140 valence electrons. The van der Waals surface area contributed by atoms with Crippen molar-refractivity contribution in [2.75, 3.05) is 33.8 Å². The topological polar surface area (TPSA) is 63.5 Å². The molecule has 1 aliphatic rings. The summed E-state index contributed by atoms with van der Waals surface area (Å²) in [5.41, 5.74) is 3.82. The minimum atomic E-state index is -0.324. The summed E-state index contributed by atoms with van der Waals surface area (Å²) in [4.78, 5) is 21.0. The summed E-state index contributed by atoms with van der Waals surface area (Å²) >= 11 is 0. The van der Waals surface area contributed by atoms with Crippen molar-refractivity contribution in [1.29, 1.82) is 0 Å². The van der Waals surface area contributed by atoms with Crippen LogP contribution in [0.5, 0.6) is 0 Å². The van der Waals surface area contributed by atoms with Gasteiger partial charge in [0.05, 0.1) is 13.2 Å². The van der Waals surface area contributed by atoms with Crippen LogP contribution >= 0.6 is 0 Å². The number of esters is 1. The zero-order chi connectivity index (χ0) is 18.5. The summed E-state index contributed by atoms with van der Waals surface area (Å²) in [6.07, 6.45) is 4.56. The van der Waals surface area contributed by atoms with E-state index in [-0.39, 0.29) is 5.97 Å². The van der Waals surface area contributed by atoms with Gasteiger partial charge in [-0.05, 0) is 32.6 Å². The molecule has 3 rings (SSSR count). The molecule has 0 atom stereocenters. The Morgan fingerprint density at radius 2 is 2.23 bits per heavy atom. The van der Waals surface area contributed by atoms with Gasteiger partial charge in [-0.1, -0.05) is 6.07 Å². The lowest BCUT2D eigenvalue weighted by molar-refractivity contribution is 0.0515. The van der Waals surface area contributed by atoms with E-state index in [1.54, 1.807) is 6.20 Å². The fraction of sp³-hybridized carbons (Fsp3) is 0.526. The summed E-state index contributed by atoms with van der Waals surface area (Å²) in [5, 5.41) is 4.60. The predicted octanol–water partition coefficient (Wildman–Crippen LogP) is 1.57. The van der Waals surface area contributed by atoms with Crippen molar-refractivity contribution in [2.24, 2.45) is 0 Å². The van der Waals surface area contributed by atoms with E-state index in [9.17, 15) is 4.79 Å². The summed E-state index contributed by atoms with van der Waals surface area (Å²) in [6.45, 7) is 6.31. The third-order valence-corrected chi connectivity index (χ3v) is 4.57. The lowest BCUT2D eigenvalue weighted by Gasteiger charge is -2.27. The van der Waals surface area contributed by atoms with E-state index in [4.69, 9.17) is 4.74 Å². The normalized spacial score (nSPS) is 14.5. The fourth-order valence-electron chi connectivity index (χ4n) is 3.27. The number of hydrogen-bond acceptors (Lipinski definition) is 6. The van der Waals surface area contributed by atoms with Crippen LogP contribution in [0.4, 0.5) is 0 Å². The number of carbonyl (C=O) groups excluding carboxylic acids is 1. The monoisotopic (exact) mass is 357 g/mol. The number of hydrogen-bond donors (Lipinski definition) is 0. The van der Waals surface area contributed by atoms with Crippen molar-refractivity contribution in [2.45, 2.75) is 33.0 Å². The van der Waals surface area contributed by atoms with E-state index in [0.717, 1.165) is 43.9 Å². The van der Waals surface area contributed by atoms with E-state index in [1.165, 1.54) is 5.56 Å². The zero-order valence-electron chi connectivity index (χ0n) is 15.8. The second kappa shape index (κ2) is 8.42. The summed E-state index contributed by atoms with van der Waals surface area (Å²) < 4.78 is 7.22. The van der Waals surface area contributed by atoms with Gasteiger partial charge in [0.25, 0.3) is 0 Å². The number of likely N-dealkylation sites (N-methyl/N-ethyl adjacent to an activating group) is 1. The number of fused-ring (bicyclic) bond motifs is 1. The van der Waals surface area contributed by atoms with Gasteiger partial charge in [-0.2, -0.15) is 5.10 Å². The lowest BCUT2D eigenvalue weighted by atomic mass is 10.0. The first-order chi connectivity index (χ1) is 12.6. The molecule has 0 aromatic carbocycles. The van der Waals surface area contributed by atoms with Crippen LogP contribution in [0.3, 0.4) is 0 Å². The molecule has 3 heterocycles. The number of ether oxygens (including phenoxy) is 1. The minimum Gasteiger partial charge on any atom is -0.461 e. The molecular weight excluding hydrogens is 330 g/mol. The Balaban J connectivity index is 1.82. The van der Waals surface area contributed by atoms with Crippen molar-refractivity contribution < 1.29 is 9.53 Å². The summed E-state index contributed by atoms with van der Waals surface area (Å²) in [5.74, 6) is -0.324. The molecule has 2 aromatic rings. The molecule has 7 heteroatoms. The van der Waals surface area contributed by atoms with E-state index in [0.29, 0.717) is 18.8 Å².